The minimum absolute atomic E-state index is 0.104. The molecule has 0 aromatic carbocycles. The average Bonchev–Trinajstić information content (AvgIpc) is 3.56. The Morgan fingerprint density at radius 3 is 0.989 bits per heavy atom. The van der Waals surface area contributed by atoms with Crippen LogP contribution in [0.3, 0.4) is 0 Å². The summed E-state index contributed by atoms with van der Waals surface area (Å²) in [4.78, 5) is 58.2. The standard InChI is InChI=1S/C69H120O16P2/c1-4-7-10-13-16-19-22-24-26-27-28-29-30-31-32-33-34-35-37-39-41-43-46-49-52-55-67(72)79-58-64(70)59-81-86(75,76)82-60-65(71)61-83-87(77,78)84-63-66(85-69(74)57-54-51-48-45-40-21-18-15-12-9-6-3)62-80-68(73)56-53-50-47-44-42-38-36-25-23-20-17-14-11-8-5-2/h7,10,16-17,19-20,24-26,28-29,31-32,34-36,64-66,70-71H,4-6,8-9,11-15,18,21-23,27,30,33,37-63H2,1-3H3,(H,75,76)(H,77,78)/b10-7-,19-16-,20-17-,26-24-,29-28-,32-31-,35-34-,36-25-. The van der Waals surface area contributed by atoms with E-state index in [1.165, 1.54) is 57.8 Å². The van der Waals surface area contributed by atoms with Crippen LogP contribution < -0.4 is 0 Å². The van der Waals surface area contributed by atoms with E-state index in [1.54, 1.807) is 0 Å². The summed E-state index contributed by atoms with van der Waals surface area (Å²) in [5.74, 6) is -1.60. The van der Waals surface area contributed by atoms with Crippen LogP contribution in [0, 0.1) is 0 Å². The van der Waals surface area contributed by atoms with Gasteiger partial charge in [0.05, 0.1) is 26.4 Å². The SMILES string of the molecule is CC/C=C\C/C=C\C/C=C\C/C=C\C/C=C\C/C=C\CCCCCCCCC(=O)OCC(O)COP(=O)(O)OCC(O)COP(=O)(O)OCC(COC(=O)CCCCCCC/C=C\C/C=C\CCCCC)OC(=O)CCCCCCCCCCCCC. The van der Waals surface area contributed by atoms with Gasteiger partial charge in [-0.2, -0.15) is 0 Å². The van der Waals surface area contributed by atoms with Gasteiger partial charge in [-0.3, -0.25) is 32.5 Å². The van der Waals surface area contributed by atoms with Crippen LogP contribution in [-0.2, 0) is 55.8 Å². The average molecular weight is 1270 g/mol. The number of carbonyl (C=O) groups is 3. The Kier molecular flexibility index (Phi) is 60.1. The summed E-state index contributed by atoms with van der Waals surface area (Å²) < 4.78 is 60.7. The summed E-state index contributed by atoms with van der Waals surface area (Å²) in [5.41, 5.74) is 0. The van der Waals surface area contributed by atoms with E-state index in [4.69, 9.17) is 32.3 Å². The Morgan fingerprint density at radius 2 is 0.609 bits per heavy atom. The Hall–Kier alpha value is -3.53. The first-order valence-corrected chi connectivity index (χ1v) is 36.5. The number of phosphoric ester groups is 2. The van der Waals surface area contributed by atoms with Crippen molar-refractivity contribution in [1.29, 1.82) is 0 Å². The van der Waals surface area contributed by atoms with Gasteiger partial charge < -0.3 is 34.2 Å². The zero-order valence-corrected chi connectivity index (χ0v) is 56.0. The molecule has 5 atom stereocenters. The van der Waals surface area contributed by atoms with Crippen LogP contribution in [-0.4, -0.2) is 95.9 Å². The molecule has 5 unspecified atom stereocenters. The van der Waals surface area contributed by atoms with Gasteiger partial charge in [0.25, 0.3) is 0 Å². The lowest BCUT2D eigenvalue weighted by molar-refractivity contribution is -0.161. The number of aliphatic hydroxyl groups is 2. The highest BCUT2D eigenvalue weighted by molar-refractivity contribution is 7.47. The van der Waals surface area contributed by atoms with E-state index in [2.05, 4.69) is 118 Å². The van der Waals surface area contributed by atoms with E-state index in [1.807, 2.05) is 0 Å². The maximum atomic E-state index is 12.8. The molecule has 0 radical (unpaired) electrons. The fraction of sp³-hybridized carbons (Fsp3) is 0.725. The second-order valence-electron chi connectivity index (χ2n) is 22.2. The lowest BCUT2D eigenvalue weighted by Gasteiger charge is -2.21. The highest BCUT2D eigenvalue weighted by atomic mass is 31.2. The lowest BCUT2D eigenvalue weighted by Crippen LogP contribution is -2.30. The second kappa shape index (κ2) is 62.7. The van der Waals surface area contributed by atoms with Crippen LogP contribution in [0.4, 0.5) is 0 Å². The van der Waals surface area contributed by atoms with Gasteiger partial charge in [0, 0.05) is 19.3 Å². The molecule has 0 aliphatic rings. The van der Waals surface area contributed by atoms with Gasteiger partial charge in [0.1, 0.15) is 25.4 Å². The Bertz CT molecular complexity index is 1980. The topological polar surface area (TPSA) is 231 Å². The van der Waals surface area contributed by atoms with Crippen molar-refractivity contribution in [2.75, 3.05) is 39.6 Å². The van der Waals surface area contributed by atoms with Crippen LogP contribution in [0.1, 0.15) is 265 Å². The Balaban J connectivity index is 4.53. The van der Waals surface area contributed by atoms with Gasteiger partial charge in [0.2, 0.25) is 0 Å². The fourth-order valence-corrected chi connectivity index (χ4v) is 10.2. The van der Waals surface area contributed by atoms with Crippen LogP contribution in [0.5, 0.6) is 0 Å². The number of aliphatic hydroxyl groups excluding tert-OH is 2. The summed E-state index contributed by atoms with van der Waals surface area (Å²) in [6.07, 6.45) is 67.5. The zero-order valence-electron chi connectivity index (χ0n) is 54.2. The van der Waals surface area contributed by atoms with Crippen LogP contribution in [0.25, 0.3) is 0 Å². The van der Waals surface area contributed by atoms with Gasteiger partial charge in [-0.15, -0.1) is 0 Å². The summed E-state index contributed by atoms with van der Waals surface area (Å²) >= 11 is 0. The Morgan fingerprint density at radius 1 is 0.333 bits per heavy atom. The van der Waals surface area contributed by atoms with Crippen LogP contribution in [0.2, 0.25) is 0 Å². The van der Waals surface area contributed by atoms with Crippen LogP contribution >= 0.6 is 15.6 Å². The van der Waals surface area contributed by atoms with E-state index in [0.717, 1.165) is 148 Å². The molecular weight excluding hydrogens is 1150 g/mol. The highest BCUT2D eigenvalue weighted by Gasteiger charge is 2.29. The first kappa shape index (κ1) is 83.5. The molecule has 0 aromatic rings. The van der Waals surface area contributed by atoms with Crippen molar-refractivity contribution in [3.63, 3.8) is 0 Å². The maximum Gasteiger partial charge on any atom is 0.472 e. The number of phosphoric acid groups is 2. The Labute approximate surface area is 527 Å². The molecule has 0 rings (SSSR count). The van der Waals surface area contributed by atoms with Gasteiger partial charge in [-0.05, 0) is 103 Å². The van der Waals surface area contributed by atoms with Crippen molar-refractivity contribution in [3.8, 4) is 0 Å². The molecule has 18 heteroatoms. The van der Waals surface area contributed by atoms with E-state index >= 15 is 0 Å². The molecule has 0 aliphatic carbocycles. The van der Waals surface area contributed by atoms with E-state index in [-0.39, 0.29) is 19.3 Å². The van der Waals surface area contributed by atoms with E-state index in [0.29, 0.717) is 19.3 Å². The highest BCUT2D eigenvalue weighted by Crippen LogP contribution is 2.45. The largest absolute Gasteiger partial charge is 0.472 e. The molecule has 16 nitrogen and oxygen atoms in total. The van der Waals surface area contributed by atoms with Gasteiger partial charge >= 0.3 is 33.6 Å². The lowest BCUT2D eigenvalue weighted by atomic mass is 10.1. The maximum absolute atomic E-state index is 12.8. The molecule has 0 aromatic heterocycles. The molecular formula is C69H120O16P2. The third-order valence-corrected chi connectivity index (χ3v) is 15.7. The smallest absolute Gasteiger partial charge is 0.463 e. The predicted octanol–water partition coefficient (Wildman–Crippen LogP) is 18.3. The molecule has 4 N–H and O–H groups in total. The van der Waals surface area contributed by atoms with E-state index < -0.39 is 91.5 Å². The van der Waals surface area contributed by atoms with Crippen molar-refractivity contribution in [1.82, 2.24) is 0 Å². The molecule has 0 fully saturated rings. The van der Waals surface area contributed by atoms with Crippen LogP contribution in [0.15, 0.2) is 97.2 Å². The molecule has 87 heavy (non-hydrogen) atoms. The molecule has 0 bridgehead atoms. The quantitative estimate of drug-likeness (QED) is 0.0146. The third-order valence-electron chi connectivity index (χ3n) is 13.8. The number of ether oxygens (including phenoxy) is 3. The zero-order chi connectivity index (χ0) is 63.8. The number of esters is 3. The minimum atomic E-state index is -4.92. The molecule has 0 heterocycles. The number of carbonyl (C=O) groups excluding carboxylic acids is 3. The number of hydrogen-bond donors (Lipinski definition) is 4. The summed E-state index contributed by atoms with van der Waals surface area (Å²) in [6.45, 7) is 2.48. The summed E-state index contributed by atoms with van der Waals surface area (Å²) in [6, 6.07) is 0. The van der Waals surface area contributed by atoms with Crippen molar-refractivity contribution in [2.24, 2.45) is 0 Å². The monoisotopic (exact) mass is 1270 g/mol. The number of rotatable bonds is 63. The minimum Gasteiger partial charge on any atom is -0.463 e. The third kappa shape index (κ3) is 63.8. The molecule has 0 saturated carbocycles. The first-order chi connectivity index (χ1) is 42.2. The van der Waals surface area contributed by atoms with Gasteiger partial charge in [-0.1, -0.05) is 240 Å². The molecule has 0 aliphatic heterocycles. The van der Waals surface area contributed by atoms with Gasteiger partial charge in [0.15, 0.2) is 6.10 Å². The number of hydrogen-bond acceptors (Lipinski definition) is 14. The fourth-order valence-electron chi connectivity index (χ4n) is 8.66. The molecule has 0 amide bonds. The molecule has 0 spiro atoms. The normalized spacial score (nSPS) is 14.9. The van der Waals surface area contributed by atoms with Crippen molar-refractivity contribution < 1.29 is 75.8 Å². The number of unbranched alkanes of at least 4 members (excludes halogenated alkanes) is 24. The predicted molar refractivity (Wildman–Crippen MR) is 353 cm³/mol. The van der Waals surface area contributed by atoms with Crippen molar-refractivity contribution >= 4 is 33.6 Å². The second-order valence-corrected chi connectivity index (χ2v) is 25.2. The molecule has 0 saturated heterocycles. The number of allylic oxidation sites excluding steroid dienone is 16. The summed E-state index contributed by atoms with van der Waals surface area (Å²) in [7, 11) is -9.77. The molecule has 502 valence electrons. The van der Waals surface area contributed by atoms with Crippen molar-refractivity contribution in [3.05, 3.63) is 97.2 Å². The first-order valence-electron chi connectivity index (χ1n) is 33.5. The van der Waals surface area contributed by atoms with E-state index in [9.17, 15) is 43.5 Å². The van der Waals surface area contributed by atoms with Gasteiger partial charge in [-0.25, -0.2) is 9.13 Å². The summed E-state index contributed by atoms with van der Waals surface area (Å²) in [5, 5.41) is 20.5. The van der Waals surface area contributed by atoms with Crippen molar-refractivity contribution in [2.45, 2.75) is 283 Å².